The first kappa shape index (κ1) is 22.9. The molecule has 166 valence electrons. The molecule has 32 heavy (non-hydrogen) atoms. The summed E-state index contributed by atoms with van der Waals surface area (Å²) in [5.74, 6) is -0.197. The van der Waals surface area contributed by atoms with Crippen LogP contribution in [0.3, 0.4) is 0 Å². The van der Waals surface area contributed by atoms with E-state index in [-0.39, 0.29) is 17.4 Å². The van der Waals surface area contributed by atoms with Crippen molar-refractivity contribution in [3.63, 3.8) is 0 Å². The molecular weight excluding hydrogens is 493 g/mol. The zero-order chi connectivity index (χ0) is 23.0. The molecule has 0 aliphatic carbocycles. The standard InChI is InChI=1S/C22H18Cl3N3O3S/c1-12(2)18(29)27-20(22(23,24)25)31-14-9-7-13(8-10-14)11-17-19(30)28-16-6-4-3-5-15(16)26-21(28)32-17/h3-12,20H,1-2H3,(H,27,29)/b17-11-/t20-/m0/s1. The third kappa shape index (κ3) is 4.71. The minimum atomic E-state index is -1.86. The van der Waals surface area contributed by atoms with E-state index in [1.165, 1.54) is 11.3 Å². The molecule has 0 spiro atoms. The van der Waals surface area contributed by atoms with Crippen LogP contribution in [0.1, 0.15) is 19.4 Å². The van der Waals surface area contributed by atoms with Gasteiger partial charge in [-0.1, -0.05) is 84.3 Å². The van der Waals surface area contributed by atoms with E-state index in [2.05, 4.69) is 10.3 Å². The van der Waals surface area contributed by atoms with E-state index in [0.29, 0.717) is 15.2 Å². The first-order valence-electron chi connectivity index (χ1n) is 9.69. The van der Waals surface area contributed by atoms with E-state index in [0.717, 1.165) is 16.6 Å². The Balaban J connectivity index is 1.60. The largest absolute Gasteiger partial charge is 0.466 e. The van der Waals surface area contributed by atoms with E-state index < -0.39 is 10.0 Å². The van der Waals surface area contributed by atoms with Gasteiger partial charge in [-0.15, -0.1) is 0 Å². The van der Waals surface area contributed by atoms with Crippen molar-refractivity contribution in [3.05, 3.63) is 69.0 Å². The lowest BCUT2D eigenvalue weighted by Gasteiger charge is -2.27. The third-order valence-electron chi connectivity index (χ3n) is 4.67. The lowest BCUT2D eigenvalue weighted by molar-refractivity contribution is -0.126. The zero-order valence-corrected chi connectivity index (χ0v) is 20.1. The highest BCUT2D eigenvalue weighted by atomic mass is 35.6. The molecule has 4 rings (SSSR count). The van der Waals surface area contributed by atoms with Gasteiger partial charge in [-0.25, -0.2) is 9.38 Å². The van der Waals surface area contributed by atoms with Crippen LogP contribution in [0.5, 0.6) is 5.75 Å². The molecule has 1 N–H and O–H groups in total. The maximum Gasteiger partial charge on any atom is 0.274 e. The van der Waals surface area contributed by atoms with E-state index in [9.17, 15) is 9.59 Å². The smallest absolute Gasteiger partial charge is 0.274 e. The molecule has 4 aromatic rings. The van der Waals surface area contributed by atoms with Gasteiger partial charge in [-0.3, -0.25) is 9.59 Å². The monoisotopic (exact) mass is 509 g/mol. The molecule has 0 aliphatic heterocycles. The van der Waals surface area contributed by atoms with Crippen LogP contribution in [-0.2, 0) is 4.79 Å². The van der Waals surface area contributed by atoms with Gasteiger partial charge in [0.15, 0.2) is 4.96 Å². The van der Waals surface area contributed by atoms with Crippen molar-refractivity contribution in [3.8, 4) is 5.75 Å². The SMILES string of the molecule is CC(C)C(=O)N[C@@H](Oc1ccc(/C=c2\sc3nc4ccccc4n3c2=O)cc1)C(Cl)(Cl)Cl. The Labute approximate surface area is 202 Å². The van der Waals surface area contributed by atoms with Crippen molar-refractivity contribution in [1.82, 2.24) is 14.7 Å². The highest BCUT2D eigenvalue weighted by Gasteiger charge is 2.36. The summed E-state index contributed by atoms with van der Waals surface area (Å²) < 4.78 is 6.02. The summed E-state index contributed by atoms with van der Waals surface area (Å²) in [5.41, 5.74) is 2.25. The molecule has 0 fully saturated rings. The molecule has 6 nitrogen and oxygen atoms in total. The molecule has 2 aromatic heterocycles. The molecule has 0 aliphatic rings. The summed E-state index contributed by atoms with van der Waals surface area (Å²) in [6.07, 6.45) is 0.622. The van der Waals surface area contributed by atoms with Gasteiger partial charge in [0, 0.05) is 5.92 Å². The summed E-state index contributed by atoms with van der Waals surface area (Å²) in [6, 6.07) is 14.4. The molecule has 0 radical (unpaired) electrons. The maximum atomic E-state index is 12.9. The first-order chi connectivity index (χ1) is 15.1. The molecule has 2 heterocycles. The summed E-state index contributed by atoms with van der Waals surface area (Å²) >= 11 is 19.2. The molecule has 0 bridgehead atoms. The van der Waals surface area contributed by atoms with Gasteiger partial charge in [-0.05, 0) is 35.9 Å². The first-order valence-corrected chi connectivity index (χ1v) is 11.6. The lowest BCUT2D eigenvalue weighted by atomic mass is 10.2. The fourth-order valence-electron chi connectivity index (χ4n) is 3.02. The minimum absolute atomic E-state index is 0.119. The number of amides is 1. The van der Waals surface area contributed by atoms with E-state index in [4.69, 9.17) is 39.5 Å². The predicted molar refractivity (Wildman–Crippen MR) is 130 cm³/mol. The highest BCUT2D eigenvalue weighted by Crippen LogP contribution is 2.32. The van der Waals surface area contributed by atoms with Gasteiger partial charge in [-0.2, -0.15) is 0 Å². The number of halogens is 3. The number of hydrogen-bond donors (Lipinski definition) is 1. The molecule has 10 heteroatoms. The zero-order valence-electron chi connectivity index (χ0n) is 17.0. The Bertz CT molecular complexity index is 1390. The van der Waals surface area contributed by atoms with E-state index >= 15 is 0 Å². The fourth-order valence-corrected chi connectivity index (χ4v) is 4.30. The number of carbonyl (C=O) groups excluding carboxylic acids is 1. The van der Waals surface area contributed by atoms with Gasteiger partial charge >= 0.3 is 0 Å². The van der Waals surface area contributed by atoms with Crippen LogP contribution >= 0.6 is 46.1 Å². The highest BCUT2D eigenvalue weighted by molar-refractivity contribution is 7.15. The Kier molecular flexibility index (Phi) is 6.36. The van der Waals surface area contributed by atoms with Crippen LogP contribution in [0.2, 0.25) is 0 Å². The van der Waals surface area contributed by atoms with E-state index in [1.807, 2.05) is 24.3 Å². The van der Waals surface area contributed by atoms with E-state index in [1.54, 1.807) is 48.6 Å². The second-order valence-corrected chi connectivity index (χ2v) is 10.8. The van der Waals surface area contributed by atoms with Crippen LogP contribution in [0.15, 0.2) is 53.3 Å². The quantitative estimate of drug-likeness (QED) is 0.321. The van der Waals surface area contributed by atoms with Crippen LogP contribution < -0.4 is 20.1 Å². The number of rotatable bonds is 5. The van der Waals surface area contributed by atoms with Gasteiger partial charge in [0.2, 0.25) is 15.9 Å². The molecular formula is C22H18Cl3N3O3S. The van der Waals surface area contributed by atoms with Crippen molar-refractivity contribution in [2.24, 2.45) is 5.92 Å². The second-order valence-electron chi connectivity index (χ2n) is 7.41. The normalized spacial score (nSPS) is 13.8. The Morgan fingerprint density at radius 3 is 2.50 bits per heavy atom. The summed E-state index contributed by atoms with van der Waals surface area (Å²) in [5, 5.41) is 2.58. The Morgan fingerprint density at radius 2 is 1.84 bits per heavy atom. The average molecular weight is 511 g/mol. The topological polar surface area (TPSA) is 72.7 Å². The number of nitrogens with one attached hydrogen (secondary N) is 1. The summed E-state index contributed by atoms with van der Waals surface area (Å²) in [6.45, 7) is 3.45. The van der Waals surface area contributed by atoms with Crippen molar-refractivity contribution < 1.29 is 9.53 Å². The number of imidazole rings is 1. The van der Waals surface area contributed by atoms with Crippen molar-refractivity contribution in [1.29, 1.82) is 0 Å². The molecule has 1 amide bonds. The van der Waals surface area contributed by atoms with Crippen LogP contribution in [0.4, 0.5) is 0 Å². The number of fused-ring (bicyclic) bond motifs is 3. The number of aromatic nitrogens is 2. The number of ether oxygens (including phenoxy) is 1. The third-order valence-corrected chi connectivity index (χ3v) is 6.24. The number of benzene rings is 2. The van der Waals surface area contributed by atoms with Crippen LogP contribution in [0, 0.1) is 5.92 Å². The van der Waals surface area contributed by atoms with Gasteiger partial charge in [0.05, 0.1) is 15.6 Å². The van der Waals surface area contributed by atoms with Crippen LogP contribution in [0.25, 0.3) is 22.1 Å². The van der Waals surface area contributed by atoms with Gasteiger partial charge < -0.3 is 10.1 Å². The Hall–Kier alpha value is -2.32. The molecule has 2 aromatic carbocycles. The number of nitrogens with zero attached hydrogens (tertiary/aromatic N) is 2. The minimum Gasteiger partial charge on any atom is -0.466 e. The lowest BCUT2D eigenvalue weighted by Crippen LogP contribution is -2.49. The average Bonchev–Trinajstić information content (AvgIpc) is 3.24. The predicted octanol–water partition coefficient (Wildman–Crippen LogP) is 4.30. The van der Waals surface area contributed by atoms with Crippen molar-refractivity contribution in [2.75, 3.05) is 0 Å². The van der Waals surface area contributed by atoms with Gasteiger partial charge in [0.1, 0.15) is 5.75 Å². The Morgan fingerprint density at radius 1 is 1.16 bits per heavy atom. The fraction of sp³-hybridized carbons (Fsp3) is 0.227. The molecule has 0 saturated carbocycles. The number of alkyl halides is 3. The van der Waals surface area contributed by atoms with Gasteiger partial charge in [0.25, 0.3) is 5.56 Å². The number of para-hydroxylation sites is 2. The number of carbonyl (C=O) groups is 1. The van der Waals surface area contributed by atoms with Crippen LogP contribution in [-0.4, -0.2) is 25.3 Å². The maximum absolute atomic E-state index is 12.9. The second kappa shape index (κ2) is 8.90. The number of thiazole rings is 1. The number of hydrogen-bond acceptors (Lipinski definition) is 5. The summed E-state index contributed by atoms with van der Waals surface area (Å²) in [4.78, 5) is 30.0. The van der Waals surface area contributed by atoms with Crippen molar-refractivity contribution in [2.45, 2.75) is 23.9 Å². The molecule has 1 atom stereocenters. The molecule has 0 saturated heterocycles. The molecule has 0 unspecified atom stereocenters. The van der Waals surface area contributed by atoms with Crippen molar-refractivity contribution >= 4 is 74.1 Å². The summed E-state index contributed by atoms with van der Waals surface area (Å²) in [7, 11) is 0.